The van der Waals surface area contributed by atoms with Gasteiger partial charge in [-0.05, 0) is 0 Å². The van der Waals surface area contributed by atoms with Crippen molar-refractivity contribution in [1.29, 1.82) is 0 Å². The van der Waals surface area contributed by atoms with Crippen LogP contribution in [-0.2, 0) is 4.74 Å². The van der Waals surface area contributed by atoms with Crippen molar-refractivity contribution in [3.05, 3.63) is 0 Å². The molecule has 0 bridgehead atoms. The van der Waals surface area contributed by atoms with Crippen molar-refractivity contribution in [2.75, 3.05) is 20.2 Å². The standard InChI is InChI=1S/C5H10FNO.C2H6/c1-8-5-3-7-2-4(5)6;1-2/h4-5,7H,2-3H2,1H3;1-2H3. The van der Waals surface area contributed by atoms with Gasteiger partial charge in [-0.15, -0.1) is 0 Å². The fraction of sp³-hybridized carbons (Fsp3) is 1.00. The normalized spacial score (nSPS) is 31.2. The van der Waals surface area contributed by atoms with E-state index >= 15 is 0 Å². The first-order valence-corrected chi connectivity index (χ1v) is 3.72. The Morgan fingerprint density at radius 1 is 1.40 bits per heavy atom. The molecule has 2 atom stereocenters. The minimum absolute atomic E-state index is 0.213. The second kappa shape index (κ2) is 5.62. The molecular weight excluding hydrogens is 133 g/mol. The molecule has 0 aromatic carbocycles. The number of halogens is 1. The van der Waals surface area contributed by atoms with E-state index in [4.69, 9.17) is 4.74 Å². The van der Waals surface area contributed by atoms with Crippen LogP contribution in [0.25, 0.3) is 0 Å². The van der Waals surface area contributed by atoms with Gasteiger partial charge in [-0.2, -0.15) is 0 Å². The second-order valence-electron chi connectivity index (χ2n) is 1.95. The SMILES string of the molecule is CC.COC1CNCC1F. The van der Waals surface area contributed by atoms with E-state index < -0.39 is 6.17 Å². The smallest absolute Gasteiger partial charge is 0.140 e. The molecule has 2 unspecified atom stereocenters. The Labute approximate surface area is 61.8 Å². The predicted molar refractivity (Wildman–Crippen MR) is 39.9 cm³/mol. The minimum atomic E-state index is -0.806. The Bertz CT molecular complexity index is 80.0. The van der Waals surface area contributed by atoms with E-state index in [0.717, 1.165) is 0 Å². The van der Waals surface area contributed by atoms with Crippen LogP contribution in [-0.4, -0.2) is 32.5 Å². The monoisotopic (exact) mass is 149 g/mol. The molecule has 2 nitrogen and oxygen atoms in total. The number of alkyl halides is 1. The highest BCUT2D eigenvalue weighted by molar-refractivity contribution is 4.80. The van der Waals surface area contributed by atoms with E-state index in [1.54, 1.807) is 0 Å². The summed E-state index contributed by atoms with van der Waals surface area (Å²) in [6, 6.07) is 0. The van der Waals surface area contributed by atoms with Crippen molar-refractivity contribution in [2.24, 2.45) is 0 Å². The quantitative estimate of drug-likeness (QED) is 0.599. The van der Waals surface area contributed by atoms with Crippen LogP contribution in [0.1, 0.15) is 13.8 Å². The average Bonchev–Trinajstić information content (AvgIpc) is 2.39. The van der Waals surface area contributed by atoms with Crippen molar-refractivity contribution >= 4 is 0 Å². The summed E-state index contributed by atoms with van der Waals surface area (Å²) < 4.78 is 17.2. The van der Waals surface area contributed by atoms with Gasteiger partial charge in [0.05, 0.1) is 0 Å². The highest BCUT2D eigenvalue weighted by Gasteiger charge is 2.25. The van der Waals surface area contributed by atoms with Crippen molar-refractivity contribution in [3.63, 3.8) is 0 Å². The predicted octanol–water partition coefficient (Wildman–Crippen LogP) is 0.969. The highest BCUT2D eigenvalue weighted by Crippen LogP contribution is 2.06. The number of hydrogen-bond donors (Lipinski definition) is 1. The summed E-state index contributed by atoms with van der Waals surface area (Å²) in [5.41, 5.74) is 0. The fourth-order valence-electron chi connectivity index (χ4n) is 0.854. The van der Waals surface area contributed by atoms with E-state index in [2.05, 4.69) is 5.32 Å². The van der Waals surface area contributed by atoms with Crippen molar-refractivity contribution in [3.8, 4) is 0 Å². The molecule has 0 amide bonds. The lowest BCUT2D eigenvalue weighted by molar-refractivity contribution is 0.0647. The summed E-state index contributed by atoms with van der Waals surface area (Å²) >= 11 is 0. The van der Waals surface area contributed by atoms with Gasteiger partial charge in [0.2, 0.25) is 0 Å². The first kappa shape index (κ1) is 9.85. The topological polar surface area (TPSA) is 21.3 Å². The van der Waals surface area contributed by atoms with Gasteiger partial charge >= 0.3 is 0 Å². The van der Waals surface area contributed by atoms with Gasteiger partial charge in [-0.1, -0.05) is 13.8 Å². The van der Waals surface area contributed by atoms with Gasteiger partial charge in [-0.3, -0.25) is 0 Å². The molecule has 1 saturated heterocycles. The third kappa shape index (κ3) is 2.62. The van der Waals surface area contributed by atoms with Crippen LogP contribution in [0.15, 0.2) is 0 Å². The summed E-state index contributed by atoms with van der Waals surface area (Å²) in [7, 11) is 1.53. The molecule has 0 aromatic heterocycles. The van der Waals surface area contributed by atoms with Crippen molar-refractivity contribution < 1.29 is 9.13 Å². The Hall–Kier alpha value is -0.150. The summed E-state index contributed by atoms with van der Waals surface area (Å²) in [4.78, 5) is 0. The summed E-state index contributed by atoms with van der Waals surface area (Å²) in [5, 5.41) is 2.87. The molecule has 0 radical (unpaired) electrons. The molecule has 0 aliphatic carbocycles. The van der Waals surface area contributed by atoms with Crippen molar-refractivity contribution in [2.45, 2.75) is 26.1 Å². The first-order chi connectivity index (χ1) is 4.84. The van der Waals surface area contributed by atoms with E-state index in [-0.39, 0.29) is 6.10 Å². The Balaban J connectivity index is 0.000000371. The molecule has 1 heterocycles. The number of methoxy groups -OCH3 is 1. The molecule has 0 aromatic rings. The van der Waals surface area contributed by atoms with Crippen LogP contribution in [0.2, 0.25) is 0 Å². The molecule has 1 N–H and O–H groups in total. The Morgan fingerprint density at radius 3 is 2.20 bits per heavy atom. The van der Waals surface area contributed by atoms with Crippen LogP contribution >= 0.6 is 0 Å². The zero-order chi connectivity index (χ0) is 7.98. The zero-order valence-corrected chi connectivity index (χ0v) is 6.86. The molecule has 10 heavy (non-hydrogen) atoms. The van der Waals surface area contributed by atoms with Crippen LogP contribution in [0.4, 0.5) is 4.39 Å². The maximum absolute atomic E-state index is 12.4. The molecule has 62 valence electrons. The number of nitrogens with one attached hydrogen (secondary N) is 1. The molecule has 0 spiro atoms. The molecule has 1 fully saturated rings. The lowest BCUT2D eigenvalue weighted by Crippen LogP contribution is -2.21. The van der Waals surface area contributed by atoms with Crippen LogP contribution in [0.3, 0.4) is 0 Å². The lowest BCUT2D eigenvalue weighted by Gasteiger charge is -2.06. The molecule has 1 rings (SSSR count). The maximum atomic E-state index is 12.4. The third-order valence-corrected chi connectivity index (χ3v) is 1.39. The van der Waals surface area contributed by atoms with Gasteiger partial charge in [0.25, 0.3) is 0 Å². The van der Waals surface area contributed by atoms with Crippen molar-refractivity contribution in [1.82, 2.24) is 5.32 Å². The summed E-state index contributed by atoms with van der Waals surface area (Å²) in [6.07, 6.45) is -1.02. The molecule has 1 aliphatic rings. The zero-order valence-electron chi connectivity index (χ0n) is 6.86. The van der Waals surface area contributed by atoms with E-state index in [0.29, 0.717) is 13.1 Å². The fourth-order valence-corrected chi connectivity index (χ4v) is 0.854. The van der Waals surface area contributed by atoms with Crippen LogP contribution in [0, 0.1) is 0 Å². The maximum Gasteiger partial charge on any atom is 0.140 e. The number of hydrogen-bond acceptors (Lipinski definition) is 2. The second-order valence-corrected chi connectivity index (χ2v) is 1.95. The Morgan fingerprint density at radius 2 is 2.00 bits per heavy atom. The lowest BCUT2D eigenvalue weighted by atomic mass is 10.3. The van der Waals surface area contributed by atoms with E-state index in [9.17, 15) is 4.39 Å². The number of ether oxygens (including phenoxy) is 1. The molecule has 3 heteroatoms. The van der Waals surface area contributed by atoms with Gasteiger partial charge in [0.15, 0.2) is 0 Å². The highest BCUT2D eigenvalue weighted by atomic mass is 19.1. The Kier molecular flexibility index (Phi) is 5.54. The van der Waals surface area contributed by atoms with Gasteiger partial charge in [-0.25, -0.2) is 4.39 Å². The third-order valence-electron chi connectivity index (χ3n) is 1.39. The number of rotatable bonds is 1. The molecular formula is C7H16FNO. The van der Waals surface area contributed by atoms with Crippen LogP contribution in [0.5, 0.6) is 0 Å². The minimum Gasteiger partial charge on any atom is -0.377 e. The first-order valence-electron chi connectivity index (χ1n) is 3.72. The van der Waals surface area contributed by atoms with Gasteiger partial charge in [0, 0.05) is 20.2 Å². The van der Waals surface area contributed by atoms with Gasteiger partial charge < -0.3 is 10.1 Å². The van der Waals surface area contributed by atoms with Gasteiger partial charge in [0.1, 0.15) is 12.3 Å². The summed E-state index contributed by atoms with van der Waals surface area (Å²) in [6.45, 7) is 5.09. The van der Waals surface area contributed by atoms with Crippen LogP contribution < -0.4 is 5.32 Å². The largest absolute Gasteiger partial charge is 0.377 e. The summed E-state index contributed by atoms with van der Waals surface area (Å²) in [5.74, 6) is 0. The molecule has 1 aliphatic heterocycles. The molecule has 0 saturated carbocycles. The van der Waals surface area contributed by atoms with E-state index in [1.165, 1.54) is 7.11 Å². The van der Waals surface area contributed by atoms with E-state index in [1.807, 2.05) is 13.8 Å². The average molecular weight is 149 g/mol.